The molecule has 2 heteroatoms. The Morgan fingerprint density at radius 1 is 1.36 bits per heavy atom. The lowest BCUT2D eigenvalue weighted by molar-refractivity contribution is 0.245. The third-order valence-electron chi connectivity index (χ3n) is 4.19. The normalized spacial score (nSPS) is 36.4. The van der Waals surface area contributed by atoms with E-state index < -0.39 is 0 Å². The van der Waals surface area contributed by atoms with Gasteiger partial charge in [-0.2, -0.15) is 0 Å². The summed E-state index contributed by atoms with van der Waals surface area (Å²) in [5.41, 5.74) is 0.582. The summed E-state index contributed by atoms with van der Waals surface area (Å²) in [7, 11) is 0. The van der Waals surface area contributed by atoms with E-state index in [0.717, 1.165) is 12.0 Å². The molecular weight excluding hydrogens is 172 g/mol. The molecule has 0 spiro atoms. The molecule has 1 saturated heterocycles. The molecule has 0 aromatic heterocycles. The fraction of sp³-hybridized carbons (Fsp3) is 1.00. The van der Waals surface area contributed by atoms with Crippen molar-refractivity contribution in [3.63, 3.8) is 0 Å². The SMILES string of the molecule is CC1(C)CCCC1CN[C@H]1CCNC1. The largest absolute Gasteiger partial charge is 0.315 e. The molecule has 0 amide bonds. The van der Waals surface area contributed by atoms with Crippen molar-refractivity contribution in [1.29, 1.82) is 0 Å². The maximum absolute atomic E-state index is 3.72. The summed E-state index contributed by atoms with van der Waals surface area (Å²) in [6.07, 6.45) is 5.60. The van der Waals surface area contributed by atoms with E-state index in [1.54, 1.807) is 0 Å². The van der Waals surface area contributed by atoms with Gasteiger partial charge < -0.3 is 10.6 Å². The minimum absolute atomic E-state index is 0.582. The monoisotopic (exact) mass is 196 g/mol. The fourth-order valence-corrected chi connectivity index (χ4v) is 2.92. The summed E-state index contributed by atoms with van der Waals surface area (Å²) in [6.45, 7) is 8.47. The van der Waals surface area contributed by atoms with Gasteiger partial charge in [-0.15, -0.1) is 0 Å². The second-order valence-corrected chi connectivity index (χ2v) is 5.68. The van der Waals surface area contributed by atoms with Crippen LogP contribution in [0.4, 0.5) is 0 Å². The molecule has 1 saturated carbocycles. The van der Waals surface area contributed by atoms with Crippen LogP contribution in [0.1, 0.15) is 39.5 Å². The lowest BCUT2D eigenvalue weighted by Gasteiger charge is -2.28. The van der Waals surface area contributed by atoms with Gasteiger partial charge in [0, 0.05) is 12.6 Å². The third-order valence-corrected chi connectivity index (χ3v) is 4.19. The molecule has 1 aliphatic heterocycles. The van der Waals surface area contributed by atoms with Crippen molar-refractivity contribution in [2.24, 2.45) is 11.3 Å². The van der Waals surface area contributed by atoms with Crippen LogP contribution in [0.5, 0.6) is 0 Å². The lowest BCUT2D eigenvalue weighted by atomic mass is 9.82. The molecule has 82 valence electrons. The molecular formula is C12H24N2. The molecule has 1 heterocycles. The first kappa shape index (κ1) is 10.4. The Morgan fingerprint density at radius 2 is 2.21 bits per heavy atom. The standard InChI is InChI=1S/C12H24N2/c1-12(2)6-3-4-10(12)8-14-11-5-7-13-9-11/h10-11,13-14H,3-9H2,1-2H3/t10?,11-/m0/s1. The molecule has 1 unspecified atom stereocenters. The highest BCUT2D eigenvalue weighted by Gasteiger charge is 2.34. The Kier molecular flexibility index (Phi) is 3.13. The summed E-state index contributed by atoms with van der Waals surface area (Å²) < 4.78 is 0. The molecule has 2 fully saturated rings. The predicted octanol–water partition coefficient (Wildman–Crippen LogP) is 1.76. The molecule has 2 rings (SSSR count). The summed E-state index contributed by atoms with van der Waals surface area (Å²) in [6, 6.07) is 0.742. The number of hydrogen-bond donors (Lipinski definition) is 2. The predicted molar refractivity (Wildman–Crippen MR) is 60.4 cm³/mol. The maximum atomic E-state index is 3.72. The van der Waals surface area contributed by atoms with Crippen LogP contribution in [0.15, 0.2) is 0 Å². The summed E-state index contributed by atoms with van der Waals surface area (Å²) in [5.74, 6) is 0.906. The number of hydrogen-bond acceptors (Lipinski definition) is 2. The zero-order chi connectivity index (χ0) is 10.0. The highest BCUT2D eigenvalue weighted by Crippen LogP contribution is 2.42. The lowest BCUT2D eigenvalue weighted by Crippen LogP contribution is -2.37. The van der Waals surface area contributed by atoms with E-state index in [1.165, 1.54) is 45.3 Å². The minimum Gasteiger partial charge on any atom is -0.315 e. The van der Waals surface area contributed by atoms with Gasteiger partial charge in [-0.1, -0.05) is 20.3 Å². The number of nitrogens with one attached hydrogen (secondary N) is 2. The van der Waals surface area contributed by atoms with Crippen LogP contribution >= 0.6 is 0 Å². The van der Waals surface area contributed by atoms with Crippen LogP contribution in [-0.2, 0) is 0 Å². The van der Waals surface area contributed by atoms with Crippen molar-refractivity contribution in [1.82, 2.24) is 10.6 Å². The van der Waals surface area contributed by atoms with Crippen LogP contribution in [0.2, 0.25) is 0 Å². The van der Waals surface area contributed by atoms with E-state index in [2.05, 4.69) is 24.5 Å². The van der Waals surface area contributed by atoms with Gasteiger partial charge in [-0.25, -0.2) is 0 Å². The molecule has 2 nitrogen and oxygen atoms in total. The van der Waals surface area contributed by atoms with Crippen molar-refractivity contribution in [3.05, 3.63) is 0 Å². The Labute approximate surface area is 87.8 Å². The minimum atomic E-state index is 0.582. The summed E-state index contributed by atoms with van der Waals surface area (Å²) >= 11 is 0. The van der Waals surface area contributed by atoms with Gasteiger partial charge in [0.25, 0.3) is 0 Å². The first-order valence-electron chi connectivity index (χ1n) is 6.12. The zero-order valence-electron chi connectivity index (χ0n) is 9.60. The van der Waals surface area contributed by atoms with E-state index in [0.29, 0.717) is 5.41 Å². The van der Waals surface area contributed by atoms with Gasteiger partial charge in [-0.05, 0) is 43.7 Å². The molecule has 2 aliphatic rings. The summed E-state index contributed by atoms with van der Waals surface area (Å²) in [4.78, 5) is 0. The van der Waals surface area contributed by atoms with Gasteiger partial charge >= 0.3 is 0 Å². The van der Waals surface area contributed by atoms with E-state index >= 15 is 0 Å². The van der Waals surface area contributed by atoms with Crippen LogP contribution < -0.4 is 10.6 Å². The first-order chi connectivity index (χ1) is 6.68. The molecule has 2 atom stereocenters. The van der Waals surface area contributed by atoms with Crippen LogP contribution in [0, 0.1) is 11.3 Å². The Bertz CT molecular complexity index is 183. The molecule has 0 radical (unpaired) electrons. The van der Waals surface area contributed by atoms with Crippen LogP contribution in [-0.4, -0.2) is 25.7 Å². The van der Waals surface area contributed by atoms with Gasteiger partial charge in [0.15, 0.2) is 0 Å². The zero-order valence-corrected chi connectivity index (χ0v) is 9.60. The van der Waals surface area contributed by atoms with Crippen molar-refractivity contribution in [3.8, 4) is 0 Å². The highest BCUT2D eigenvalue weighted by molar-refractivity contribution is 4.88. The van der Waals surface area contributed by atoms with Crippen molar-refractivity contribution in [2.75, 3.05) is 19.6 Å². The molecule has 14 heavy (non-hydrogen) atoms. The molecule has 2 N–H and O–H groups in total. The molecule has 0 aromatic carbocycles. The summed E-state index contributed by atoms with van der Waals surface area (Å²) in [5, 5.41) is 7.12. The van der Waals surface area contributed by atoms with Crippen LogP contribution in [0.3, 0.4) is 0 Å². The maximum Gasteiger partial charge on any atom is 0.0204 e. The Morgan fingerprint density at radius 3 is 2.79 bits per heavy atom. The van der Waals surface area contributed by atoms with Gasteiger partial charge in [0.1, 0.15) is 0 Å². The van der Waals surface area contributed by atoms with Gasteiger partial charge in [-0.3, -0.25) is 0 Å². The van der Waals surface area contributed by atoms with Crippen molar-refractivity contribution >= 4 is 0 Å². The average Bonchev–Trinajstić information content (AvgIpc) is 2.71. The molecule has 0 aromatic rings. The van der Waals surface area contributed by atoms with E-state index in [-0.39, 0.29) is 0 Å². The third kappa shape index (κ3) is 2.29. The average molecular weight is 196 g/mol. The highest BCUT2D eigenvalue weighted by atomic mass is 15.0. The van der Waals surface area contributed by atoms with E-state index in [4.69, 9.17) is 0 Å². The Balaban J connectivity index is 1.74. The smallest absolute Gasteiger partial charge is 0.0204 e. The van der Waals surface area contributed by atoms with Crippen molar-refractivity contribution < 1.29 is 0 Å². The van der Waals surface area contributed by atoms with Crippen molar-refractivity contribution in [2.45, 2.75) is 45.6 Å². The van der Waals surface area contributed by atoms with Gasteiger partial charge in [0.2, 0.25) is 0 Å². The second-order valence-electron chi connectivity index (χ2n) is 5.68. The Hall–Kier alpha value is -0.0800. The fourth-order valence-electron chi connectivity index (χ4n) is 2.92. The number of rotatable bonds is 3. The quantitative estimate of drug-likeness (QED) is 0.719. The van der Waals surface area contributed by atoms with E-state index in [9.17, 15) is 0 Å². The van der Waals surface area contributed by atoms with Crippen LogP contribution in [0.25, 0.3) is 0 Å². The van der Waals surface area contributed by atoms with E-state index in [1.807, 2.05) is 0 Å². The topological polar surface area (TPSA) is 24.1 Å². The second kappa shape index (κ2) is 4.19. The first-order valence-corrected chi connectivity index (χ1v) is 6.12. The van der Waals surface area contributed by atoms with Gasteiger partial charge in [0.05, 0.1) is 0 Å². The molecule has 1 aliphatic carbocycles. The molecule has 0 bridgehead atoms.